The van der Waals surface area contributed by atoms with Crippen LogP contribution in [0.1, 0.15) is 25.1 Å². The number of aromatic nitrogens is 4. The van der Waals surface area contributed by atoms with Crippen LogP contribution in [0, 0.1) is 0 Å². The van der Waals surface area contributed by atoms with Gasteiger partial charge in [-0.05, 0) is 11.6 Å². The predicted molar refractivity (Wildman–Crippen MR) is 39.5 cm³/mol. The Labute approximate surface area is 69.2 Å². The van der Waals surface area contributed by atoms with Gasteiger partial charge < -0.3 is 5.11 Å². The average Bonchev–Trinajstić information content (AvgIpc) is 2.37. The minimum absolute atomic E-state index is 0.271. The summed E-state index contributed by atoms with van der Waals surface area (Å²) < 4.78 is 0. The van der Waals surface area contributed by atoms with E-state index in [1.165, 1.54) is 4.80 Å². The largest absolute Gasteiger partial charge is 0.481 e. The molecule has 1 aromatic rings. The van der Waals surface area contributed by atoms with Gasteiger partial charge in [-0.15, -0.1) is 10.2 Å². The van der Waals surface area contributed by atoms with Gasteiger partial charge in [0.2, 0.25) is 0 Å². The molecule has 12 heavy (non-hydrogen) atoms. The van der Waals surface area contributed by atoms with Crippen LogP contribution in [0.2, 0.25) is 0 Å². The van der Waals surface area contributed by atoms with E-state index in [-0.39, 0.29) is 5.82 Å². The molecular weight excluding hydrogens is 160 g/mol. The molecule has 0 aromatic carbocycles. The summed E-state index contributed by atoms with van der Waals surface area (Å²) in [5.74, 6) is -1.28. The number of hydrogen-bond donors (Lipinski definition) is 1. The molecule has 6 nitrogen and oxygen atoms in total. The molecule has 0 aliphatic rings. The number of hydrogen-bond acceptors (Lipinski definition) is 4. The highest BCUT2D eigenvalue weighted by Gasteiger charge is 2.22. The van der Waals surface area contributed by atoms with Crippen molar-refractivity contribution in [2.75, 3.05) is 0 Å². The van der Waals surface area contributed by atoms with E-state index in [1.54, 1.807) is 14.0 Å². The third kappa shape index (κ3) is 1.58. The normalized spacial score (nSPS) is 12.8. The second-order valence-corrected chi connectivity index (χ2v) is 2.44. The molecule has 1 N–H and O–H groups in total. The van der Waals surface area contributed by atoms with Crippen molar-refractivity contribution in [3.63, 3.8) is 0 Å². The Bertz CT molecular complexity index is 283. The summed E-state index contributed by atoms with van der Waals surface area (Å²) >= 11 is 0. The SMILES string of the molecule is CCC(C(=O)O)c1nnn(C)n1. The summed E-state index contributed by atoms with van der Waals surface area (Å²) in [6.45, 7) is 1.77. The maximum atomic E-state index is 10.6. The molecular formula is C6H10N4O2. The Hall–Kier alpha value is -1.46. The number of tetrazole rings is 1. The zero-order valence-electron chi connectivity index (χ0n) is 6.93. The maximum Gasteiger partial charge on any atom is 0.314 e. The Kier molecular flexibility index (Phi) is 2.37. The molecule has 0 amide bonds. The highest BCUT2D eigenvalue weighted by atomic mass is 16.4. The van der Waals surface area contributed by atoms with E-state index >= 15 is 0 Å². The molecule has 1 heterocycles. The zero-order valence-corrected chi connectivity index (χ0v) is 6.93. The highest BCUT2D eigenvalue weighted by Crippen LogP contribution is 2.13. The van der Waals surface area contributed by atoms with Gasteiger partial charge in [0.25, 0.3) is 0 Å². The first-order valence-corrected chi connectivity index (χ1v) is 3.61. The summed E-state index contributed by atoms with van der Waals surface area (Å²) in [6.07, 6.45) is 0.473. The fourth-order valence-electron chi connectivity index (χ4n) is 0.906. The molecule has 0 bridgehead atoms. The quantitative estimate of drug-likeness (QED) is 0.678. The van der Waals surface area contributed by atoms with Crippen LogP contribution >= 0.6 is 0 Å². The summed E-state index contributed by atoms with van der Waals surface area (Å²) in [6, 6.07) is 0. The van der Waals surface area contributed by atoms with Crippen LogP contribution in [0.25, 0.3) is 0 Å². The van der Waals surface area contributed by atoms with Gasteiger partial charge in [0, 0.05) is 0 Å². The Balaban J connectivity index is 2.87. The van der Waals surface area contributed by atoms with Crippen molar-refractivity contribution in [1.82, 2.24) is 20.2 Å². The van der Waals surface area contributed by atoms with Crippen molar-refractivity contribution in [2.45, 2.75) is 19.3 Å². The number of rotatable bonds is 3. The van der Waals surface area contributed by atoms with E-state index in [2.05, 4.69) is 15.4 Å². The predicted octanol–water partition coefficient (Wildman–Crippen LogP) is -0.212. The van der Waals surface area contributed by atoms with Crippen molar-refractivity contribution >= 4 is 5.97 Å². The highest BCUT2D eigenvalue weighted by molar-refractivity contribution is 5.74. The van der Waals surface area contributed by atoms with Crippen LogP contribution in [-0.2, 0) is 11.8 Å². The molecule has 1 atom stereocenters. The number of carbonyl (C=O) groups is 1. The van der Waals surface area contributed by atoms with Crippen molar-refractivity contribution in [1.29, 1.82) is 0 Å². The number of carboxylic acids is 1. The molecule has 0 radical (unpaired) electrons. The monoisotopic (exact) mass is 170 g/mol. The first kappa shape index (κ1) is 8.63. The van der Waals surface area contributed by atoms with Crippen molar-refractivity contribution in [3.8, 4) is 0 Å². The van der Waals surface area contributed by atoms with Gasteiger partial charge in [0.05, 0.1) is 7.05 Å². The zero-order chi connectivity index (χ0) is 9.14. The van der Waals surface area contributed by atoms with Crippen molar-refractivity contribution in [3.05, 3.63) is 5.82 Å². The molecule has 1 aromatic heterocycles. The number of aryl methyl sites for hydroxylation is 1. The number of aliphatic carboxylic acids is 1. The summed E-state index contributed by atoms with van der Waals surface area (Å²) in [7, 11) is 1.60. The second kappa shape index (κ2) is 3.29. The minimum atomic E-state index is -0.912. The number of nitrogens with zero attached hydrogens (tertiary/aromatic N) is 4. The van der Waals surface area contributed by atoms with Gasteiger partial charge in [0.1, 0.15) is 5.92 Å². The Morgan fingerprint density at radius 1 is 1.75 bits per heavy atom. The lowest BCUT2D eigenvalue weighted by molar-refractivity contribution is -0.139. The standard InChI is InChI=1S/C6H10N4O2/c1-3-4(6(11)12)5-7-9-10(2)8-5/h4H,3H2,1-2H3,(H,11,12). The van der Waals surface area contributed by atoms with E-state index in [9.17, 15) is 4.79 Å². The van der Waals surface area contributed by atoms with Crippen LogP contribution in [0.3, 0.4) is 0 Å². The third-order valence-electron chi connectivity index (χ3n) is 1.54. The molecule has 1 rings (SSSR count). The summed E-state index contributed by atoms with van der Waals surface area (Å²) in [5.41, 5.74) is 0. The summed E-state index contributed by atoms with van der Waals surface area (Å²) in [4.78, 5) is 11.9. The van der Waals surface area contributed by atoms with Crippen molar-refractivity contribution < 1.29 is 9.90 Å². The fourth-order valence-corrected chi connectivity index (χ4v) is 0.906. The van der Waals surface area contributed by atoms with Gasteiger partial charge in [0.15, 0.2) is 5.82 Å². The van der Waals surface area contributed by atoms with Gasteiger partial charge >= 0.3 is 5.97 Å². The molecule has 0 aliphatic heterocycles. The van der Waals surface area contributed by atoms with Crippen LogP contribution in [-0.4, -0.2) is 31.3 Å². The minimum Gasteiger partial charge on any atom is -0.481 e. The molecule has 66 valence electrons. The topological polar surface area (TPSA) is 80.9 Å². The van der Waals surface area contributed by atoms with Crippen LogP contribution < -0.4 is 0 Å². The Morgan fingerprint density at radius 3 is 2.75 bits per heavy atom. The van der Waals surface area contributed by atoms with Gasteiger partial charge in [-0.25, -0.2) is 0 Å². The lowest BCUT2D eigenvalue weighted by atomic mass is 10.1. The van der Waals surface area contributed by atoms with E-state index in [1.807, 2.05) is 0 Å². The van der Waals surface area contributed by atoms with Gasteiger partial charge in [-0.2, -0.15) is 4.80 Å². The third-order valence-corrected chi connectivity index (χ3v) is 1.54. The van der Waals surface area contributed by atoms with Crippen LogP contribution in [0.15, 0.2) is 0 Å². The molecule has 6 heteroatoms. The Morgan fingerprint density at radius 2 is 2.42 bits per heavy atom. The number of carboxylic acid groups (broad SMARTS) is 1. The van der Waals surface area contributed by atoms with E-state index in [0.29, 0.717) is 6.42 Å². The van der Waals surface area contributed by atoms with E-state index < -0.39 is 11.9 Å². The molecule has 1 unspecified atom stereocenters. The van der Waals surface area contributed by atoms with E-state index in [4.69, 9.17) is 5.11 Å². The van der Waals surface area contributed by atoms with Gasteiger partial charge in [-0.1, -0.05) is 6.92 Å². The molecule has 0 aliphatic carbocycles. The first-order valence-electron chi connectivity index (χ1n) is 3.61. The van der Waals surface area contributed by atoms with E-state index in [0.717, 1.165) is 0 Å². The smallest absolute Gasteiger partial charge is 0.314 e. The molecule has 0 spiro atoms. The average molecular weight is 170 g/mol. The first-order chi connectivity index (χ1) is 5.65. The van der Waals surface area contributed by atoms with Crippen molar-refractivity contribution in [2.24, 2.45) is 7.05 Å². The fraction of sp³-hybridized carbons (Fsp3) is 0.667. The second-order valence-electron chi connectivity index (χ2n) is 2.44. The lowest BCUT2D eigenvalue weighted by Gasteiger charge is -2.01. The molecule has 0 saturated heterocycles. The molecule has 0 saturated carbocycles. The molecule has 0 fully saturated rings. The lowest BCUT2D eigenvalue weighted by Crippen LogP contribution is -2.12. The summed E-state index contributed by atoms with van der Waals surface area (Å²) in [5, 5.41) is 19.7. The maximum absolute atomic E-state index is 10.6. The van der Waals surface area contributed by atoms with Crippen LogP contribution in [0.5, 0.6) is 0 Å². The van der Waals surface area contributed by atoms with Crippen LogP contribution in [0.4, 0.5) is 0 Å². The van der Waals surface area contributed by atoms with Gasteiger partial charge in [-0.3, -0.25) is 4.79 Å².